The fourth-order valence-corrected chi connectivity index (χ4v) is 15.2. The van der Waals surface area contributed by atoms with Crippen molar-refractivity contribution in [3.05, 3.63) is 161 Å². The molecule has 14 heteroatoms. The van der Waals surface area contributed by atoms with Crippen LogP contribution in [0.3, 0.4) is 0 Å². The smallest absolute Gasteiger partial charge is 0.295 e. The second-order valence-corrected chi connectivity index (χ2v) is 24.6. The van der Waals surface area contributed by atoms with Crippen molar-refractivity contribution in [2.45, 2.75) is 149 Å². The molecule has 0 radical (unpaired) electrons. The first-order chi connectivity index (χ1) is 32.9. The summed E-state index contributed by atoms with van der Waals surface area (Å²) in [5.74, 6) is -0.0608. The van der Waals surface area contributed by atoms with Gasteiger partial charge in [0.05, 0.1) is 0 Å². The van der Waals surface area contributed by atoms with Crippen molar-refractivity contribution in [1.82, 2.24) is 0 Å². The minimum absolute atomic E-state index is 0.0203. The molecule has 0 atom stereocenters. The van der Waals surface area contributed by atoms with Crippen molar-refractivity contribution < 1.29 is 39.6 Å². The zero-order chi connectivity index (χ0) is 49.9. The molecule has 69 heavy (non-hydrogen) atoms. The van der Waals surface area contributed by atoms with Crippen LogP contribution in [-0.4, -0.2) is 31.3 Å². The maximum absolute atomic E-state index is 14.6. The van der Waals surface area contributed by atoms with Gasteiger partial charge in [-0.15, -0.1) is 0 Å². The number of unbranched alkanes of at least 4 members (excludes halogenated alkanes) is 3. The van der Waals surface area contributed by atoms with Crippen molar-refractivity contribution >= 4 is 73.1 Å². The van der Waals surface area contributed by atoms with E-state index in [-0.39, 0.29) is 32.0 Å². The lowest BCUT2D eigenvalue weighted by Crippen LogP contribution is -2.27. The number of halogens is 3. The summed E-state index contributed by atoms with van der Waals surface area (Å²) in [6.07, 6.45) is 7.83. The number of hydrogen-bond acceptors (Lipinski definition) is 9. The quantitative estimate of drug-likeness (QED) is 0.0459. The van der Waals surface area contributed by atoms with Crippen molar-refractivity contribution in [1.29, 1.82) is 0 Å². The zero-order valence-electron chi connectivity index (χ0n) is 39.6. The minimum Gasteiger partial charge on any atom is -0.295 e. The van der Waals surface area contributed by atoms with Gasteiger partial charge in [-0.25, -0.2) is 0 Å². The van der Waals surface area contributed by atoms with Crippen LogP contribution in [0.4, 0.5) is 13.2 Å². The van der Waals surface area contributed by atoms with Gasteiger partial charge in [-0.1, -0.05) is 93.5 Å². The van der Waals surface area contributed by atoms with Crippen molar-refractivity contribution in [2.24, 2.45) is 0 Å². The summed E-state index contributed by atoms with van der Waals surface area (Å²) < 4.78 is 76.5. The molecular weight excluding hydrogens is 974 g/mol. The molecule has 0 N–H and O–H groups in total. The van der Waals surface area contributed by atoms with E-state index in [0.717, 1.165) is 104 Å². The number of carbonyl (C=O) groups is 3. The molecule has 0 aliphatic heterocycles. The summed E-state index contributed by atoms with van der Waals surface area (Å²) in [5, 5.41) is 0. The third kappa shape index (κ3) is 13.4. The van der Waals surface area contributed by atoms with Gasteiger partial charge in [0, 0.05) is 60.7 Å². The molecule has 0 unspecified atom stereocenters. The molecule has 0 aliphatic rings. The van der Waals surface area contributed by atoms with Gasteiger partial charge in [-0.3, -0.25) is 14.4 Å². The lowest BCUT2D eigenvalue weighted by molar-refractivity contribution is -0.0496. The van der Waals surface area contributed by atoms with Gasteiger partial charge in [0.25, 0.3) is 0 Å². The summed E-state index contributed by atoms with van der Waals surface area (Å²) in [6, 6.07) is 37.2. The lowest BCUT2D eigenvalue weighted by Gasteiger charge is -2.39. The predicted molar refractivity (Wildman–Crippen MR) is 275 cm³/mol. The molecule has 0 spiro atoms. The van der Waals surface area contributed by atoms with Crippen LogP contribution in [-0.2, 0) is 33.0 Å². The molecule has 6 nitrogen and oxygen atoms in total. The summed E-state index contributed by atoms with van der Waals surface area (Å²) in [6.45, 7) is 10.9. The maximum atomic E-state index is 14.6. The van der Waals surface area contributed by atoms with Crippen LogP contribution in [0, 0.1) is 0 Å². The van der Waals surface area contributed by atoms with E-state index < -0.39 is 25.9 Å². The van der Waals surface area contributed by atoms with Gasteiger partial charge in [0.15, 0.2) is 17.3 Å². The van der Waals surface area contributed by atoms with Crippen molar-refractivity contribution in [2.75, 3.05) is 0 Å². The fraction of sp³-hybridized carbons (Fsp3) is 0.291. The summed E-state index contributed by atoms with van der Waals surface area (Å²) >= 11 is 4.26. The molecule has 364 valence electrons. The van der Waals surface area contributed by atoms with Gasteiger partial charge in [-0.05, 0) is 195 Å². The third-order valence-electron chi connectivity index (χ3n) is 11.4. The first-order valence-electron chi connectivity index (χ1n) is 23.0. The highest BCUT2D eigenvalue weighted by atomic mass is 32.3. The Morgan fingerprint density at radius 3 is 0.942 bits per heavy atom. The molecule has 6 aromatic rings. The number of ketones is 3. The highest BCUT2D eigenvalue weighted by Gasteiger charge is 2.52. The Bertz CT molecular complexity index is 2600. The average molecular weight is 1030 g/mol. The molecule has 6 aromatic carbocycles. The van der Waals surface area contributed by atoms with Gasteiger partial charge < -0.3 is 0 Å². The standard InChI is InChI=1S/C55H57F3O6S5/c1-7-10-13-40-34-46(22-31-52(40)37(4)59)65-43-16-25-49(26-17-43)68(64-69(62,63)55(56,57)58,50-27-18-44(19-28-50)66-47-23-32-53(38(5)60)41(35-47)14-11-8-2)51-29-20-45(21-30-51)67-48-24-33-54(39(6)61)42(36-48)15-12-9-3/h16-36H,7-15H2,1-6H3. The number of Topliss-reactive ketones (excluding diaryl/α,β-unsaturated/α-hetero) is 3. The molecule has 0 saturated heterocycles. The Morgan fingerprint density at radius 1 is 0.449 bits per heavy atom. The number of rotatable bonds is 23. The highest BCUT2D eigenvalue weighted by molar-refractivity contribution is 8.33. The van der Waals surface area contributed by atoms with E-state index in [9.17, 15) is 36.0 Å². The van der Waals surface area contributed by atoms with Crippen LogP contribution in [0.5, 0.6) is 0 Å². The molecule has 0 heterocycles. The third-order valence-corrected chi connectivity index (χ3v) is 19.3. The Balaban J connectivity index is 1.46. The lowest BCUT2D eigenvalue weighted by atomic mass is 10.00. The van der Waals surface area contributed by atoms with Crippen molar-refractivity contribution in [3.63, 3.8) is 0 Å². The van der Waals surface area contributed by atoms with E-state index in [1.165, 1.54) is 35.3 Å². The SMILES string of the molecule is CCCCc1cc(Sc2ccc(S(OS(=O)(=O)C(F)(F)F)(c3ccc(Sc4ccc(C(C)=O)c(CCCC)c4)cc3)c3ccc(Sc4ccc(C(C)=O)c(CCCC)c4)cc3)cc2)ccc1C(C)=O. The normalized spacial score (nSPS) is 12.2. The second-order valence-electron chi connectivity index (χ2n) is 16.7. The van der Waals surface area contributed by atoms with E-state index >= 15 is 0 Å². The van der Waals surface area contributed by atoms with Crippen LogP contribution < -0.4 is 0 Å². The van der Waals surface area contributed by atoms with E-state index in [1.54, 1.807) is 93.6 Å². The van der Waals surface area contributed by atoms with E-state index in [1.807, 2.05) is 54.6 Å². The number of hydrogen-bond donors (Lipinski definition) is 0. The number of carbonyl (C=O) groups excluding carboxylic acids is 3. The van der Waals surface area contributed by atoms with Crippen LogP contribution >= 0.6 is 45.6 Å². The van der Waals surface area contributed by atoms with Gasteiger partial charge in [0.1, 0.15) is 0 Å². The summed E-state index contributed by atoms with van der Waals surface area (Å²) in [7, 11) is -9.89. The second kappa shape index (κ2) is 24.0. The average Bonchev–Trinajstić information content (AvgIpc) is 3.31. The zero-order valence-corrected chi connectivity index (χ0v) is 43.7. The number of alkyl halides is 3. The fourth-order valence-electron chi connectivity index (χ4n) is 7.86. The van der Waals surface area contributed by atoms with Crippen LogP contribution in [0.1, 0.15) is 128 Å². The molecule has 0 fully saturated rings. The van der Waals surface area contributed by atoms with Gasteiger partial charge in [0.2, 0.25) is 0 Å². The Kier molecular flexibility index (Phi) is 18.7. The molecule has 0 aliphatic carbocycles. The molecular formula is C55H57F3O6S5. The monoisotopic (exact) mass is 1030 g/mol. The highest BCUT2D eigenvalue weighted by Crippen LogP contribution is 2.71. The van der Waals surface area contributed by atoms with E-state index in [2.05, 4.69) is 20.8 Å². The topological polar surface area (TPSA) is 94.6 Å². The maximum Gasteiger partial charge on any atom is 0.524 e. The summed E-state index contributed by atoms with van der Waals surface area (Å²) in [5.41, 5.74) is -0.914. The van der Waals surface area contributed by atoms with Crippen LogP contribution in [0.25, 0.3) is 0 Å². The van der Waals surface area contributed by atoms with Crippen LogP contribution in [0.15, 0.2) is 171 Å². The van der Waals surface area contributed by atoms with E-state index in [0.29, 0.717) is 16.7 Å². The minimum atomic E-state index is -6.21. The molecule has 6 rings (SSSR count). The first-order valence-corrected chi connectivity index (χ1v) is 28.4. The van der Waals surface area contributed by atoms with Crippen LogP contribution in [0.2, 0.25) is 0 Å². The van der Waals surface area contributed by atoms with Gasteiger partial charge >= 0.3 is 15.6 Å². The van der Waals surface area contributed by atoms with E-state index in [4.69, 9.17) is 3.63 Å². The van der Waals surface area contributed by atoms with Crippen molar-refractivity contribution in [3.8, 4) is 0 Å². The molecule has 0 bridgehead atoms. The van der Waals surface area contributed by atoms with Gasteiger partial charge in [-0.2, -0.15) is 25.2 Å². The number of benzene rings is 6. The summed E-state index contributed by atoms with van der Waals surface area (Å²) in [4.78, 5) is 42.8. The predicted octanol–water partition coefficient (Wildman–Crippen LogP) is 16.8. The molecule has 0 aromatic heterocycles. The Morgan fingerprint density at radius 2 is 0.710 bits per heavy atom. The Hall–Kier alpha value is -4.57. The molecule has 0 amide bonds. The first kappa shape index (κ1) is 53.8. The molecule has 0 saturated carbocycles. The Labute approximate surface area is 419 Å². The number of aryl methyl sites for hydroxylation is 3. The largest absolute Gasteiger partial charge is 0.524 e.